The van der Waals surface area contributed by atoms with Crippen molar-refractivity contribution in [3.63, 3.8) is 0 Å². The number of Topliss-reactive ketones (excluding diaryl/α,β-unsaturated/α-hetero) is 2. The Morgan fingerprint density at radius 1 is 0.500 bits per heavy atom. The van der Waals surface area contributed by atoms with Gasteiger partial charge in [-0.3, -0.25) is 38.3 Å². The minimum atomic E-state index is -1.77. The van der Waals surface area contributed by atoms with Crippen molar-refractivity contribution in [2.75, 3.05) is 40.5 Å². The molecule has 6 rings (SSSR count). The van der Waals surface area contributed by atoms with Crippen molar-refractivity contribution < 1.29 is 175 Å². The summed E-state index contributed by atoms with van der Waals surface area (Å²) < 4.78 is 21.2. The van der Waals surface area contributed by atoms with Gasteiger partial charge in [-0.05, 0) is 5.88 Å². The van der Waals surface area contributed by atoms with Crippen LogP contribution in [0.25, 0.3) is 0 Å². The molecule has 456 valence electrons. The monoisotopic (exact) mass is 1180 g/mol. The van der Waals surface area contributed by atoms with Crippen LogP contribution in [0, 0.1) is 0 Å². The molecule has 35 nitrogen and oxygen atoms in total. The third-order valence-corrected chi connectivity index (χ3v) is 13.1. The second-order valence-electron chi connectivity index (χ2n) is 18.4. The number of barbiturate groups is 1. The van der Waals surface area contributed by atoms with Crippen LogP contribution in [0.2, 0.25) is 0 Å². The van der Waals surface area contributed by atoms with Gasteiger partial charge in [-0.25, -0.2) is 9.59 Å². The van der Waals surface area contributed by atoms with Crippen LogP contribution in [0.5, 0.6) is 5.88 Å². The summed E-state index contributed by atoms with van der Waals surface area (Å²) in [5.41, 5.74) is -2.37. The molecule has 0 bridgehead atoms. The van der Waals surface area contributed by atoms with Crippen LogP contribution in [0.3, 0.4) is 0 Å². The van der Waals surface area contributed by atoms with Gasteiger partial charge in [0.05, 0.1) is 32.0 Å². The molecule has 80 heavy (non-hydrogen) atoms. The molecule has 0 aliphatic carbocycles. The molecular formula is C44H73N4NaO31. The molecular weight excluding hydrogens is 1100 g/mol. The van der Waals surface area contributed by atoms with Crippen LogP contribution in [-0.4, -0.2) is 314 Å². The van der Waals surface area contributed by atoms with E-state index in [2.05, 4.69) is 4.74 Å². The molecule has 5 aliphatic heterocycles. The van der Waals surface area contributed by atoms with E-state index in [-0.39, 0.29) is 48.8 Å². The van der Waals surface area contributed by atoms with Gasteiger partial charge in [-0.2, -0.15) is 0 Å². The molecule has 4 amide bonds. The Morgan fingerprint density at radius 2 is 0.825 bits per heavy atom. The average Bonchev–Trinajstić information content (AvgIpc) is 3.44. The van der Waals surface area contributed by atoms with E-state index in [0.29, 0.717) is 9.13 Å². The van der Waals surface area contributed by atoms with Gasteiger partial charge in [0.2, 0.25) is 11.8 Å². The topological polar surface area (TPSA) is 580 Å². The predicted octanol–water partition coefficient (Wildman–Crippen LogP) is -16.8. The molecule has 0 aromatic carbocycles. The first-order valence-corrected chi connectivity index (χ1v) is 24.1. The van der Waals surface area contributed by atoms with Crippen LogP contribution in [-0.2, 0) is 52.2 Å². The number of rotatable bonds is 11. The first-order valence-electron chi connectivity index (χ1n) is 24.1. The molecule has 5 fully saturated rings. The molecule has 0 saturated carbocycles. The molecule has 1 aromatic rings. The number of carbonyl (C=O) groups excluding carboxylic acids is 5. The van der Waals surface area contributed by atoms with Crippen LogP contribution in [0.15, 0.2) is 9.59 Å². The fourth-order valence-corrected chi connectivity index (χ4v) is 7.89. The first-order chi connectivity index (χ1) is 36.7. The van der Waals surface area contributed by atoms with Crippen molar-refractivity contribution >= 4 is 29.4 Å². The Labute approximate surface area is 475 Å². The summed E-state index contributed by atoms with van der Waals surface area (Å²) in [6.07, 6.45) is -32.5. The van der Waals surface area contributed by atoms with Crippen molar-refractivity contribution in [1.82, 2.24) is 18.9 Å². The van der Waals surface area contributed by atoms with Crippen molar-refractivity contribution in [3.05, 3.63) is 26.4 Å². The van der Waals surface area contributed by atoms with Crippen molar-refractivity contribution in [3.8, 4) is 5.88 Å². The maximum absolute atomic E-state index is 12.1. The SMILES string of the molecule is CCC(=O)C(O)C1O[C@H](CO)[C@@H](O)[C@H](O)[C@H]1O.CCC(=O)C(O)C1O[C@H](CO)[C@@H](O)[C@H](O)[C@H]1O.CN1C(=O)CC(=O)N(C)C1=O.Cn1c([O-])c(C2O[C@H](CO)[C@@H](O)[C@H](O)[C@H]2O)c(=O)n(C)c1=O.OC[C@H]1OC(O)[C@H](O)[C@@H](O)[C@@H]1O.[Na+]. The third kappa shape index (κ3) is 17.3. The summed E-state index contributed by atoms with van der Waals surface area (Å²) in [6.45, 7) is 0.678. The number of aliphatic hydroxyl groups excluding tert-OH is 19. The van der Waals surface area contributed by atoms with Crippen LogP contribution in [0.1, 0.15) is 44.8 Å². The standard InChI is InChI=1S/C12H18N2O8.2C10H18O7.C6H8N2O3.C6H12O6.Na/c1-13-10(19)5(11(20)14(2)12(13)21)9-8(18)7(17)6(16)4(3-15)22-9;2*1-2-4(12)6(13)10-9(16)8(15)7(14)5(3-11)17-10;1-7-4(9)3-5(10)8(2)6(7)11;7-1-2-3(8)4(9)5(10)6(11)12-2;/h4,6-9,15-19H,3H2,1-2H3;2*5-11,13-16H,2-3H2,1H3;3H2,1-2H3;2-11H,1H2;/q;;;;;+1/p-1/t4-,6-,7+,8-,9?;2*5-,6?,7-,8+,9-,10?;;2-,3-,4+,5-,6?;/m111.1./s1. The molecule has 19 N–H and O–H groups in total. The van der Waals surface area contributed by atoms with Gasteiger partial charge >= 0.3 is 41.3 Å². The second kappa shape index (κ2) is 33.1. The Kier molecular flexibility index (Phi) is 30.8. The van der Waals surface area contributed by atoms with Crippen LogP contribution in [0.4, 0.5) is 4.79 Å². The predicted molar refractivity (Wildman–Crippen MR) is 251 cm³/mol. The molecule has 0 radical (unpaired) electrons. The molecule has 22 atom stereocenters. The smallest absolute Gasteiger partial charge is 0.860 e. The normalized spacial score (nSPS) is 35.9. The molecule has 5 aliphatic rings. The van der Waals surface area contributed by atoms with Gasteiger partial charge in [0.25, 0.3) is 5.56 Å². The van der Waals surface area contributed by atoms with Gasteiger partial charge in [-0.15, -0.1) is 0 Å². The number of aliphatic hydroxyl groups is 19. The van der Waals surface area contributed by atoms with E-state index < -0.39 is 213 Å². The molecule has 0 spiro atoms. The Balaban J connectivity index is 0.000000509. The largest absolute Gasteiger partial charge is 1.00 e. The minimum Gasteiger partial charge on any atom is -0.860 e. The van der Waals surface area contributed by atoms with Crippen molar-refractivity contribution in [1.29, 1.82) is 0 Å². The molecule has 1 aromatic heterocycles. The van der Waals surface area contributed by atoms with Gasteiger partial charge < -0.3 is 126 Å². The van der Waals surface area contributed by atoms with E-state index in [0.717, 1.165) is 23.9 Å². The number of hydrogen-bond donors (Lipinski definition) is 19. The van der Waals surface area contributed by atoms with Crippen molar-refractivity contribution in [2.45, 2.75) is 168 Å². The Hall–Kier alpha value is -3.49. The number of carbonyl (C=O) groups is 5. The summed E-state index contributed by atoms with van der Waals surface area (Å²) >= 11 is 0. The van der Waals surface area contributed by atoms with E-state index in [4.69, 9.17) is 55.1 Å². The second-order valence-corrected chi connectivity index (χ2v) is 18.4. The molecule has 6 unspecified atom stereocenters. The number of hydrogen-bond acceptors (Lipinski definition) is 31. The van der Waals surface area contributed by atoms with Crippen LogP contribution < -0.4 is 45.9 Å². The van der Waals surface area contributed by atoms with Gasteiger partial charge in [0.15, 0.2) is 17.9 Å². The average molecular weight is 1180 g/mol. The van der Waals surface area contributed by atoms with Gasteiger partial charge in [-0.1, -0.05) is 13.8 Å². The van der Waals surface area contributed by atoms with Gasteiger partial charge in [0.1, 0.15) is 135 Å². The number of ether oxygens (including phenoxy) is 4. The van der Waals surface area contributed by atoms with E-state index in [1.54, 1.807) is 0 Å². The summed E-state index contributed by atoms with van der Waals surface area (Å²) in [6, 6.07) is -0.564. The van der Waals surface area contributed by atoms with E-state index >= 15 is 0 Å². The van der Waals surface area contributed by atoms with E-state index in [1.165, 1.54) is 27.9 Å². The Bertz CT molecular complexity index is 2210. The van der Waals surface area contributed by atoms with Gasteiger partial charge in [0, 0.05) is 41.0 Å². The van der Waals surface area contributed by atoms with Crippen molar-refractivity contribution in [2.24, 2.45) is 14.1 Å². The number of imide groups is 2. The number of amides is 4. The maximum Gasteiger partial charge on any atom is 1.00 e. The Morgan fingerprint density at radius 3 is 1.18 bits per heavy atom. The summed E-state index contributed by atoms with van der Waals surface area (Å²) in [4.78, 5) is 80.8. The molecule has 5 saturated heterocycles. The summed E-state index contributed by atoms with van der Waals surface area (Å²) in [7, 11) is 5.01. The minimum absolute atomic E-state index is 0. The van der Waals surface area contributed by atoms with E-state index in [9.17, 15) is 94.8 Å². The third-order valence-electron chi connectivity index (χ3n) is 13.1. The number of nitrogens with zero attached hydrogens (tertiary/aromatic N) is 4. The zero-order valence-electron chi connectivity index (χ0n) is 44.3. The number of ketones is 2. The fourth-order valence-electron chi connectivity index (χ4n) is 7.89. The first kappa shape index (κ1) is 74.5. The molecule has 36 heteroatoms. The fraction of sp³-hybridized carbons (Fsp3) is 0.795. The summed E-state index contributed by atoms with van der Waals surface area (Å²) in [5.74, 6) is -2.96. The number of aromatic nitrogens is 2. The zero-order chi connectivity index (χ0) is 61.0. The zero-order valence-corrected chi connectivity index (χ0v) is 46.3. The van der Waals surface area contributed by atoms with Crippen LogP contribution >= 0.6 is 0 Å². The number of urea groups is 1. The summed E-state index contributed by atoms with van der Waals surface area (Å²) in [5, 5.41) is 190. The maximum atomic E-state index is 12.1. The molecule has 6 heterocycles. The quantitative estimate of drug-likeness (QED) is 0.0723. The van der Waals surface area contributed by atoms with E-state index in [1.807, 2.05) is 0 Å².